The van der Waals surface area contributed by atoms with Crippen molar-refractivity contribution in [3.8, 4) is 0 Å². The van der Waals surface area contributed by atoms with Crippen molar-refractivity contribution in [2.24, 2.45) is 0 Å². The molecule has 1 aromatic carbocycles. The number of aromatic nitrogens is 1. The number of pyridine rings is 1. The van der Waals surface area contributed by atoms with Crippen molar-refractivity contribution in [1.29, 1.82) is 0 Å². The quantitative estimate of drug-likeness (QED) is 0.522. The van der Waals surface area contributed by atoms with Gasteiger partial charge in [-0.3, -0.25) is 4.79 Å². The third kappa shape index (κ3) is 2.99. The van der Waals surface area contributed by atoms with Gasteiger partial charge in [-0.15, -0.1) is 0 Å². The molecule has 0 spiro atoms. The molecule has 0 aliphatic heterocycles. The molecule has 92 valence electrons. The van der Waals surface area contributed by atoms with Crippen molar-refractivity contribution in [2.75, 3.05) is 0 Å². The number of benzene rings is 1. The lowest BCUT2D eigenvalue weighted by molar-refractivity contribution is -0.603. The van der Waals surface area contributed by atoms with Crippen LogP contribution in [0.3, 0.4) is 0 Å². The number of carbonyl (C=O) groups excluding carboxylic acids is 1. The summed E-state index contributed by atoms with van der Waals surface area (Å²) in [5.41, 5.74) is 1.28. The summed E-state index contributed by atoms with van der Waals surface area (Å²) >= 11 is 5.58. The number of rotatable bonds is 3. The van der Waals surface area contributed by atoms with Crippen molar-refractivity contribution < 1.29 is 9.52 Å². The number of hydrogen-bond donors (Lipinski definition) is 1. The molecule has 0 aliphatic rings. The zero-order valence-electron chi connectivity index (χ0n) is 9.47. The lowest BCUT2D eigenvalue weighted by Crippen LogP contribution is -2.31. The van der Waals surface area contributed by atoms with Crippen LogP contribution in [0, 0.1) is 5.21 Å². The second kappa shape index (κ2) is 5.51. The van der Waals surface area contributed by atoms with Gasteiger partial charge < -0.3 is 10.5 Å². The summed E-state index contributed by atoms with van der Waals surface area (Å²) in [5, 5.41) is 14.0. The molecule has 0 unspecified atom stereocenters. The Kier molecular flexibility index (Phi) is 3.79. The fourth-order valence-corrected chi connectivity index (χ4v) is 1.59. The zero-order chi connectivity index (χ0) is 13.0. The Labute approximate surface area is 109 Å². The summed E-state index contributed by atoms with van der Waals surface area (Å²) in [7, 11) is 0. The van der Waals surface area contributed by atoms with Crippen LogP contribution >= 0.6 is 11.6 Å². The van der Waals surface area contributed by atoms with E-state index in [2.05, 4.69) is 5.32 Å². The molecule has 5 heteroatoms. The summed E-state index contributed by atoms with van der Waals surface area (Å²) in [6.07, 6.45) is 1.16. The van der Waals surface area contributed by atoms with Crippen LogP contribution in [0.2, 0.25) is 5.15 Å². The van der Waals surface area contributed by atoms with E-state index in [1.54, 1.807) is 0 Å². The first kappa shape index (κ1) is 12.4. The Morgan fingerprint density at radius 1 is 1.22 bits per heavy atom. The highest BCUT2D eigenvalue weighted by Crippen LogP contribution is 2.04. The largest absolute Gasteiger partial charge is 0.618 e. The van der Waals surface area contributed by atoms with E-state index in [9.17, 15) is 10.0 Å². The number of nitrogens with zero attached hydrogens (tertiary/aromatic N) is 1. The van der Waals surface area contributed by atoms with Gasteiger partial charge in [0.15, 0.2) is 6.20 Å². The smallest absolute Gasteiger partial charge is 0.286 e. The maximum absolute atomic E-state index is 11.8. The van der Waals surface area contributed by atoms with E-state index in [0.717, 1.165) is 11.8 Å². The summed E-state index contributed by atoms with van der Waals surface area (Å²) in [4.78, 5) is 11.8. The first-order valence-electron chi connectivity index (χ1n) is 5.37. The number of carbonyl (C=O) groups is 1. The van der Waals surface area contributed by atoms with Crippen molar-refractivity contribution in [3.05, 3.63) is 70.1 Å². The molecule has 1 amide bonds. The number of amides is 1. The highest BCUT2D eigenvalue weighted by atomic mass is 35.5. The molecule has 2 aromatic rings. The van der Waals surface area contributed by atoms with E-state index < -0.39 is 0 Å². The zero-order valence-corrected chi connectivity index (χ0v) is 10.2. The van der Waals surface area contributed by atoms with E-state index in [4.69, 9.17) is 11.6 Å². The second-order valence-corrected chi connectivity index (χ2v) is 4.12. The third-order valence-electron chi connectivity index (χ3n) is 2.43. The average molecular weight is 263 g/mol. The summed E-state index contributed by atoms with van der Waals surface area (Å²) in [5.74, 6) is -0.305. The molecule has 1 N–H and O–H groups in total. The predicted molar refractivity (Wildman–Crippen MR) is 68.0 cm³/mol. The molecule has 1 heterocycles. The fourth-order valence-electron chi connectivity index (χ4n) is 1.48. The van der Waals surface area contributed by atoms with Crippen LogP contribution in [-0.4, -0.2) is 5.91 Å². The van der Waals surface area contributed by atoms with Crippen molar-refractivity contribution in [1.82, 2.24) is 5.32 Å². The first-order chi connectivity index (χ1) is 8.66. The molecular weight excluding hydrogens is 252 g/mol. The van der Waals surface area contributed by atoms with Crippen LogP contribution in [0.4, 0.5) is 0 Å². The second-order valence-electron chi connectivity index (χ2n) is 3.73. The maximum atomic E-state index is 11.8. The fraction of sp³-hybridized carbons (Fsp3) is 0.0769. The maximum Gasteiger partial charge on any atom is 0.286 e. The van der Waals surface area contributed by atoms with Gasteiger partial charge in [0.25, 0.3) is 11.1 Å². The molecule has 0 radical (unpaired) electrons. The number of halogens is 1. The van der Waals surface area contributed by atoms with Gasteiger partial charge >= 0.3 is 0 Å². The van der Waals surface area contributed by atoms with Gasteiger partial charge in [-0.25, -0.2) is 0 Å². The van der Waals surface area contributed by atoms with Gasteiger partial charge in [0.1, 0.15) is 5.56 Å². The monoisotopic (exact) mass is 262 g/mol. The minimum atomic E-state index is -0.305. The van der Waals surface area contributed by atoms with Gasteiger partial charge in [0, 0.05) is 12.6 Å². The minimum absolute atomic E-state index is 0.0367. The molecule has 2 rings (SSSR count). The van der Waals surface area contributed by atoms with E-state index in [1.165, 1.54) is 12.1 Å². The van der Waals surface area contributed by atoms with Crippen LogP contribution < -0.4 is 10.0 Å². The summed E-state index contributed by atoms with van der Waals surface area (Å²) < 4.78 is 0.457. The first-order valence-corrected chi connectivity index (χ1v) is 5.75. The van der Waals surface area contributed by atoms with E-state index >= 15 is 0 Å². The van der Waals surface area contributed by atoms with Crippen LogP contribution in [0.5, 0.6) is 0 Å². The molecule has 0 saturated heterocycles. The highest BCUT2D eigenvalue weighted by molar-refractivity contribution is 6.28. The van der Waals surface area contributed by atoms with Crippen LogP contribution in [0.25, 0.3) is 0 Å². The van der Waals surface area contributed by atoms with Crippen molar-refractivity contribution in [2.45, 2.75) is 6.54 Å². The van der Waals surface area contributed by atoms with Crippen LogP contribution in [0.1, 0.15) is 15.9 Å². The van der Waals surface area contributed by atoms with Crippen molar-refractivity contribution in [3.63, 3.8) is 0 Å². The molecule has 0 aliphatic carbocycles. The molecular formula is C13H11ClN2O2. The lowest BCUT2D eigenvalue weighted by Gasteiger charge is -2.05. The Bertz CT molecular complexity index is 558. The van der Waals surface area contributed by atoms with E-state index in [0.29, 0.717) is 11.3 Å². The van der Waals surface area contributed by atoms with Crippen LogP contribution in [-0.2, 0) is 6.54 Å². The SMILES string of the molecule is O=C(NCc1ccccc1)c1ccc(Cl)[n+]([O-])c1. The number of hydrogen-bond acceptors (Lipinski definition) is 2. The molecule has 0 saturated carbocycles. The Balaban J connectivity index is 2.02. The number of nitrogens with one attached hydrogen (secondary N) is 1. The van der Waals surface area contributed by atoms with E-state index in [1.807, 2.05) is 30.3 Å². The normalized spacial score (nSPS) is 10.1. The van der Waals surface area contributed by atoms with Gasteiger partial charge in [-0.1, -0.05) is 30.3 Å². The topological polar surface area (TPSA) is 56.0 Å². The van der Waals surface area contributed by atoms with Gasteiger partial charge in [-0.05, 0) is 23.2 Å². The average Bonchev–Trinajstić information content (AvgIpc) is 2.40. The molecule has 0 atom stereocenters. The molecule has 18 heavy (non-hydrogen) atoms. The Morgan fingerprint density at radius 3 is 2.61 bits per heavy atom. The summed E-state index contributed by atoms with van der Waals surface area (Å²) in [6.45, 7) is 0.418. The van der Waals surface area contributed by atoms with Gasteiger partial charge in [-0.2, -0.15) is 4.73 Å². The van der Waals surface area contributed by atoms with Gasteiger partial charge in [0.2, 0.25) is 0 Å². The Hall–Kier alpha value is -2.07. The molecule has 0 fully saturated rings. The van der Waals surface area contributed by atoms with Gasteiger partial charge in [0.05, 0.1) is 0 Å². The predicted octanol–water partition coefficient (Wildman–Crippen LogP) is 1.90. The molecule has 4 nitrogen and oxygen atoms in total. The third-order valence-corrected chi connectivity index (χ3v) is 2.72. The molecule has 0 bridgehead atoms. The lowest BCUT2D eigenvalue weighted by atomic mass is 10.2. The Morgan fingerprint density at radius 2 is 1.94 bits per heavy atom. The summed E-state index contributed by atoms with van der Waals surface area (Å²) in [6, 6.07) is 12.4. The molecule has 1 aromatic heterocycles. The standard InChI is InChI=1S/C13H11ClN2O2/c14-12-7-6-11(9-16(12)18)13(17)15-8-10-4-2-1-3-5-10/h1-7,9H,8H2,(H,15,17). The minimum Gasteiger partial charge on any atom is -0.618 e. The van der Waals surface area contributed by atoms with Crippen molar-refractivity contribution >= 4 is 17.5 Å². The highest BCUT2D eigenvalue weighted by Gasteiger charge is 2.10. The van der Waals surface area contributed by atoms with E-state index in [-0.39, 0.29) is 16.6 Å². The van der Waals surface area contributed by atoms with Crippen LogP contribution in [0.15, 0.2) is 48.7 Å².